The fourth-order valence-corrected chi connectivity index (χ4v) is 3.77. The molecule has 4 rings (SSSR count). The van der Waals surface area contributed by atoms with Gasteiger partial charge in [0.1, 0.15) is 5.65 Å². The van der Waals surface area contributed by atoms with Crippen LogP contribution in [-0.2, 0) is 7.05 Å². The highest BCUT2D eigenvalue weighted by Gasteiger charge is 2.14. The van der Waals surface area contributed by atoms with Crippen molar-refractivity contribution in [3.63, 3.8) is 0 Å². The van der Waals surface area contributed by atoms with Gasteiger partial charge in [-0.2, -0.15) is 4.98 Å². The molecule has 0 aliphatic carbocycles. The number of rotatable bonds is 7. The van der Waals surface area contributed by atoms with Crippen LogP contribution in [0.2, 0.25) is 0 Å². The summed E-state index contributed by atoms with van der Waals surface area (Å²) in [5, 5.41) is 7.14. The van der Waals surface area contributed by atoms with Gasteiger partial charge in [0.25, 0.3) is 0 Å². The standard InChI is InChI=1S/C26H29N5O/c1-5-6-14-27-19-10-12-20(13-11-19)29-26-28-15-22-24(32)23(16-31(4)25(22)30-26)21-9-7-8-17(2)18(21)3/h7-13,15-16,27H,5-6,14H2,1-4H3,(H,28,29,30). The van der Waals surface area contributed by atoms with Crippen LogP contribution in [0.1, 0.15) is 30.9 Å². The molecule has 0 fully saturated rings. The van der Waals surface area contributed by atoms with E-state index >= 15 is 0 Å². The molecule has 0 saturated carbocycles. The summed E-state index contributed by atoms with van der Waals surface area (Å²) in [6, 6.07) is 14.1. The van der Waals surface area contributed by atoms with Crippen LogP contribution in [0.4, 0.5) is 17.3 Å². The van der Waals surface area contributed by atoms with Gasteiger partial charge in [-0.3, -0.25) is 4.79 Å². The van der Waals surface area contributed by atoms with E-state index in [1.54, 1.807) is 6.20 Å². The summed E-state index contributed by atoms with van der Waals surface area (Å²) in [6.45, 7) is 7.25. The first-order valence-corrected chi connectivity index (χ1v) is 11.0. The number of pyridine rings is 1. The largest absolute Gasteiger partial charge is 0.385 e. The van der Waals surface area contributed by atoms with Crippen molar-refractivity contribution >= 4 is 28.4 Å². The third-order valence-electron chi connectivity index (χ3n) is 5.81. The molecule has 0 saturated heterocycles. The van der Waals surface area contributed by atoms with Gasteiger partial charge in [-0.05, 0) is 61.2 Å². The molecule has 0 radical (unpaired) electrons. The zero-order valence-electron chi connectivity index (χ0n) is 19.1. The van der Waals surface area contributed by atoms with Crippen molar-refractivity contribution in [2.45, 2.75) is 33.6 Å². The van der Waals surface area contributed by atoms with E-state index in [0.29, 0.717) is 22.5 Å². The first-order chi connectivity index (χ1) is 15.5. The van der Waals surface area contributed by atoms with Crippen molar-refractivity contribution in [3.05, 3.63) is 76.2 Å². The molecule has 0 spiro atoms. The Bertz CT molecular complexity index is 1310. The van der Waals surface area contributed by atoms with E-state index in [2.05, 4.69) is 40.5 Å². The predicted molar refractivity (Wildman–Crippen MR) is 133 cm³/mol. The van der Waals surface area contributed by atoms with Gasteiger partial charge in [-0.15, -0.1) is 0 Å². The third kappa shape index (κ3) is 4.35. The molecule has 0 aliphatic rings. The lowest BCUT2D eigenvalue weighted by molar-refractivity contribution is 0.834. The fraction of sp³-hybridized carbons (Fsp3) is 0.269. The van der Waals surface area contributed by atoms with Gasteiger partial charge in [-0.25, -0.2) is 4.98 Å². The van der Waals surface area contributed by atoms with Crippen molar-refractivity contribution in [1.29, 1.82) is 0 Å². The summed E-state index contributed by atoms with van der Waals surface area (Å²) in [6.07, 6.45) is 5.79. The average Bonchev–Trinajstić information content (AvgIpc) is 2.80. The minimum absolute atomic E-state index is 0.0548. The fourth-order valence-electron chi connectivity index (χ4n) is 3.77. The summed E-state index contributed by atoms with van der Waals surface area (Å²) in [5.74, 6) is 0.457. The molecule has 0 amide bonds. The van der Waals surface area contributed by atoms with Crippen LogP contribution in [0, 0.1) is 13.8 Å². The van der Waals surface area contributed by atoms with Gasteiger partial charge < -0.3 is 15.2 Å². The first kappa shape index (κ1) is 21.6. The smallest absolute Gasteiger partial charge is 0.229 e. The maximum absolute atomic E-state index is 13.2. The van der Waals surface area contributed by atoms with E-state index in [-0.39, 0.29) is 5.43 Å². The Labute approximate surface area is 188 Å². The molecule has 0 unspecified atom stereocenters. The lowest BCUT2D eigenvalue weighted by Gasteiger charge is -2.13. The maximum Gasteiger partial charge on any atom is 0.229 e. The maximum atomic E-state index is 13.2. The number of nitrogens with one attached hydrogen (secondary N) is 2. The van der Waals surface area contributed by atoms with E-state index in [0.717, 1.165) is 41.0 Å². The van der Waals surface area contributed by atoms with Crippen molar-refractivity contribution in [2.75, 3.05) is 17.2 Å². The summed E-state index contributed by atoms with van der Waals surface area (Å²) < 4.78 is 1.89. The summed E-state index contributed by atoms with van der Waals surface area (Å²) >= 11 is 0. The average molecular weight is 428 g/mol. The highest BCUT2D eigenvalue weighted by atomic mass is 16.1. The number of aryl methyl sites for hydroxylation is 2. The minimum atomic E-state index is -0.0548. The lowest BCUT2D eigenvalue weighted by Crippen LogP contribution is -2.13. The summed E-state index contributed by atoms with van der Waals surface area (Å²) in [4.78, 5) is 22.3. The number of anilines is 3. The van der Waals surface area contributed by atoms with Crippen LogP contribution >= 0.6 is 0 Å². The predicted octanol–water partition coefficient (Wildman–Crippen LogP) is 5.57. The Morgan fingerprint density at radius 3 is 2.50 bits per heavy atom. The number of benzene rings is 2. The summed E-state index contributed by atoms with van der Waals surface area (Å²) in [5.41, 5.74) is 6.40. The molecule has 2 heterocycles. The van der Waals surface area contributed by atoms with E-state index in [1.807, 2.05) is 61.1 Å². The number of fused-ring (bicyclic) bond motifs is 1. The van der Waals surface area contributed by atoms with Gasteiger partial charge in [0, 0.05) is 42.9 Å². The molecule has 0 bridgehead atoms. The van der Waals surface area contributed by atoms with Gasteiger partial charge in [0.15, 0.2) is 5.43 Å². The normalized spacial score (nSPS) is 11.0. The Hall–Kier alpha value is -3.67. The first-order valence-electron chi connectivity index (χ1n) is 11.0. The Kier molecular flexibility index (Phi) is 6.21. The van der Waals surface area contributed by atoms with Crippen molar-refractivity contribution < 1.29 is 0 Å². The third-order valence-corrected chi connectivity index (χ3v) is 5.81. The Balaban J connectivity index is 1.63. The van der Waals surface area contributed by atoms with Gasteiger partial charge >= 0.3 is 0 Å². The number of hydrogen-bond donors (Lipinski definition) is 2. The highest BCUT2D eigenvalue weighted by molar-refractivity contribution is 5.82. The highest BCUT2D eigenvalue weighted by Crippen LogP contribution is 2.25. The van der Waals surface area contributed by atoms with Crippen molar-refractivity contribution in [3.8, 4) is 11.1 Å². The molecule has 32 heavy (non-hydrogen) atoms. The Morgan fingerprint density at radius 2 is 1.75 bits per heavy atom. The molecule has 2 aromatic carbocycles. The quantitative estimate of drug-likeness (QED) is 0.377. The second-order valence-electron chi connectivity index (χ2n) is 8.14. The van der Waals surface area contributed by atoms with Crippen molar-refractivity contribution in [1.82, 2.24) is 14.5 Å². The SMILES string of the molecule is CCCCNc1ccc(Nc2ncc3c(=O)c(-c4cccc(C)c4C)cn(C)c3n2)cc1. The number of aromatic nitrogens is 3. The minimum Gasteiger partial charge on any atom is -0.385 e. The van der Waals surface area contributed by atoms with Crippen LogP contribution in [0.25, 0.3) is 22.2 Å². The molecule has 2 aromatic heterocycles. The number of hydrogen-bond acceptors (Lipinski definition) is 5. The molecule has 2 N–H and O–H groups in total. The zero-order chi connectivity index (χ0) is 22.7. The Morgan fingerprint density at radius 1 is 1.00 bits per heavy atom. The van der Waals surface area contributed by atoms with Crippen LogP contribution in [0.15, 0.2) is 59.7 Å². The van der Waals surface area contributed by atoms with Gasteiger partial charge in [0.05, 0.1) is 5.39 Å². The molecule has 6 nitrogen and oxygen atoms in total. The van der Waals surface area contributed by atoms with Crippen LogP contribution < -0.4 is 16.1 Å². The van der Waals surface area contributed by atoms with E-state index in [9.17, 15) is 4.79 Å². The molecule has 4 aromatic rings. The molecular weight excluding hydrogens is 398 g/mol. The van der Waals surface area contributed by atoms with Crippen LogP contribution in [0.5, 0.6) is 0 Å². The second kappa shape index (κ2) is 9.22. The second-order valence-corrected chi connectivity index (χ2v) is 8.14. The number of unbranched alkanes of at least 4 members (excludes halogenated alkanes) is 1. The van der Waals surface area contributed by atoms with Gasteiger partial charge in [0.2, 0.25) is 5.95 Å². The number of nitrogens with zero attached hydrogens (tertiary/aromatic N) is 3. The van der Waals surface area contributed by atoms with Crippen molar-refractivity contribution in [2.24, 2.45) is 7.05 Å². The molecule has 164 valence electrons. The van der Waals surface area contributed by atoms with E-state index < -0.39 is 0 Å². The van der Waals surface area contributed by atoms with E-state index in [1.165, 1.54) is 6.42 Å². The summed E-state index contributed by atoms with van der Waals surface area (Å²) in [7, 11) is 1.91. The van der Waals surface area contributed by atoms with E-state index in [4.69, 9.17) is 0 Å². The zero-order valence-corrected chi connectivity index (χ0v) is 19.1. The van der Waals surface area contributed by atoms with Crippen LogP contribution in [0.3, 0.4) is 0 Å². The van der Waals surface area contributed by atoms with Crippen LogP contribution in [-0.4, -0.2) is 21.1 Å². The molecular formula is C26H29N5O. The lowest BCUT2D eigenvalue weighted by atomic mass is 9.97. The molecule has 0 atom stereocenters. The molecule has 0 aliphatic heterocycles. The molecule has 6 heteroatoms. The van der Waals surface area contributed by atoms with Gasteiger partial charge in [-0.1, -0.05) is 31.5 Å². The topological polar surface area (TPSA) is 71.8 Å². The monoisotopic (exact) mass is 427 g/mol.